The van der Waals surface area contributed by atoms with Gasteiger partial charge in [0.15, 0.2) is 12.1 Å². The van der Waals surface area contributed by atoms with Crippen molar-refractivity contribution in [1.82, 2.24) is 0 Å². The van der Waals surface area contributed by atoms with Crippen LogP contribution in [0.4, 0.5) is 0 Å². The fourth-order valence-corrected chi connectivity index (χ4v) is 3.38. The molecule has 2 aliphatic rings. The van der Waals surface area contributed by atoms with E-state index in [-0.39, 0.29) is 30.7 Å². The quantitative estimate of drug-likeness (QED) is 0.484. The zero-order chi connectivity index (χ0) is 19.3. The van der Waals surface area contributed by atoms with Gasteiger partial charge in [0.2, 0.25) is 0 Å². The lowest BCUT2D eigenvalue weighted by Gasteiger charge is -2.27. The van der Waals surface area contributed by atoms with Crippen LogP contribution in [0.15, 0.2) is 30.3 Å². The molecule has 0 N–H and O–H groups in total. The van der Waals surface area contributed by atoms with E-state index in [2.05, 4.69) is 6.92 Å². The number of carbonyl (C=O) groups is 1. The number of esters is 1. The van der Waals surface area contributed by atoms with E-state index in [1.54, 1.807) is 12.1 Å². The van der Waals surface area contributed by atoms with Crippen molar-refractivity contribution in [2.75, 3.05) is 19.8 Å². The highest BCUT2D eigenvalue weighted by Gasteiger charge is 2.55. The number of hydrogen-bond acceptors (Lipinski definition) is 6. The fraction of sp³-hybridized carbons (Fsp3) is 0.667. The second-order valence-corrected chi connectivity index (χ2v) is 7.29. The van der Waals surface area contributed by atoms with Gasteiger partial charge in [-0.1, -0.05) is 38.5 Å². The van der Waals surface area contributed by atoms with Crippen LogP contribution in [0.5, 0.6) is 0 Å². The first-order valence-corrected chi connectivity index (χ1v) is 9.87. The minimum atomic E-state index is -0.636. The molecule has 1 unspecified atom stereocenters. The maximum absolute atomic E-state index is 12.2. The first-order valence-electron chi connectivity index (χ1n) is 9.87. The van der Waals surface area contributed by atoms with Gasteiger partial charge in [-0.3, -0.25) is 0 Å². The number of unbranched alkanes of at least 4 members (excludes halogenated alkanes) is 1. The number of benzene rings is 1. The zero-order valence-corrected chi connectivity index (χ0v) is 16.4. The standard InChI is InChI=1S/C21H30O6/c1-4-6-12-23-13-16-17(14-24-19(22)15-10-8-7-9-11-15)25-20-18(16)26-21(3,5-2)27-20/h7-11,16-18,20H,4-6,12-14H2,1-3H3/t16-,17-,18-,20-,21?/m1/s1. The van der Waals surface area contributed by atoms with Crippen LogP contribution >= 0.6 is 0 Å². The van der Waals surface area contributed by atoms with E-state index in [1.807, 2.05) is 32.0 Å². The molecule has 5 atom stereocenters. The minimum absolute atomic E-state index is 0.0381. The molecule has 0 bridgehead atoms. The Kier molecular flexibility index (Phi) is 6.87. The monoisotopic (exact) mass is 378 g/mol. The highest BCUT2D eigenvalue weighted by molar-refractivity contribution is 5.89. The molecule has 2 heterocycles. The average molecular weight is 378 g/mol. The minimum Gasteiger partial charge on any atom is -0.459 e. The van der Waals surface area contributed by atoms with Crippen LogP contribution in [0.1, 0.15) is 50.4 Å². The number of rotatable bonds is 9. The van der Waals surface area contributed by atoms with Crippen molar-refractivity contribution >= 4 is 5.97 Å². The molecule has 0 aromatic heterocycles. The highest BCUT2D eigenvalue weighted by atomic mass is 16.8. The maximum atomic E-state index is 12.2. The molecule has 3 rings (SSSR count). The molecular weight excluding hydrogens is 348 g/mol. The Balaban J connectivity index is 1.60. The van der Waals surface area contributed by atoms with Gasteiger partial charge < -0.3 is 23.7 Å². The molecule has 2 fully saturated rings. The summed E-state index contributed by atoms with van der Waals surface area (Å²) >= 11 is 0. The maximum Gasteiger partial charge on any atom is 0.338 e. The molecule has 2 saturated heterocycles. The lowest BCUT2D eigenvalue weighted by molar-refractivity contribution is -0.225. The summed E-state index contributed by atoms with van der Waals surface area (Å²) in [5.41, 5.74) is 0.525. The van der Waals surface area contributed by atoms with Crippen LogP contribution in [-0.4, -0.2) is 50.1 Å². The number of fused-ring (bicyclic) bond motifs is 1. The van der Waals surface area contributed by atoms with Crippen LogP contribution in [0.2, 0.25) is 0 Å². The van der Waals surface area contributed by atoms with Crippen molar-refractivity contribution in [3.63, 3.8) is 0 Å². The van der Waals surface area contributed by atoms with Gasteiger partial charge in [0.1, 0.15) is 18.8 Å². The van der Waals surface area contributed by atoms with Crippen molar-refractivity contribution in [1.29, 1.82) is 0 Å². The van der Waals surface area contributed by atoms with Crippen LogP contribution in [0.3, 0.4) is 0 Å². The van der Waals surface area contributed by atoms with Crippen molar-refractivity contribution < 1.29 is 28.5 Å². The molecule has 2 aliphatic heterocycles. The smallest absolute Gasteiger partial charge is 0.338 e. The number of hydrogen-bond donors (Lipinski definition) is 0. The van der Waals surface area contributed by atoms with Crippen molar-refractivity contribution in [3.05, 3.63) is 35.9 Å². The summed E-state index contributed by atoms with van der Waals surface area (Å²) in [6, 6.07) is 8.95. The molecular formula is C21H30O6. The van der Waals surface area contributed by atoms with E-state index in [0.29, 0.717) is 18.8 Å². The third kappa shape index (κ3) is 4.88. The van der Waals surface area contributed by atoms with Gasteiger partial charge in [0.25, 0.3) is 0 Å². The van der Waals surface area contributed by atoms with Crippen LogP contribution in [0, 0.1) is 5.92 Å². The number of ether oxygens (including phenoxy) is 5. The fourth-order valence-electron chi connectivity index (χ4n) is 3.38. The molecule has 1 aromatic carbocycles. The van der Waals surface area contributed by atoms with Crippen LogP contribution in [-0.2, 0) is 23.7 Å². The predicted octanol–water partition coefficient (Wildman–Crippen LogP) is 3.54. The summed E-state index contributed by atoms with van der Waals surface area (Å²) in [4.78, 5) is 12.2. The van der Waals surface area contributed by atoms with Gasteiger partial charge in [-0.05, 0) is 31.9 Å². The molecule has 0 radical (unpaired) electrons. The molecule has 1 aromatic rings. The molecule has 0 amide bonds. The van der Waals surface area contributed by atoms with E-state index in [9.17, 15) is 4.79 Å². The van der Waals surface area contributed by atoms with E-state index >= 15 is 0 Å². The molecule has 0 saturated carbocycles. The van der Waals surface area contributed by atoms with Crippen molar-refractivity contribution in [2.45, 2.75) is 64.3 Å². The SMILES string of the molecule is CCCCOC[C@H]1[C@H]2OC(C)(CC)O[C@H]2O[C@@H]1COC(=O)c1ccccc1. The second-order valence-electron chi connectivity index (χ2n) is 7.29. The molecule has 6 heteroatoms. The average Bonchev–Trinajstić information content (AvgIpc) is 3.17. The summed E-state index contributed by atoms with van der Waals surface area (Å²) in [6.45, 7) is 7.42. The van der Waals surface area contributed by atoms with Gasteiger partial charge in [0.05, 0.1) is 12.2 Å². The van der Waals surface area contributed by atoms with E-state index in [1.165, 1.54) is 0 Å². The first kappa shape index (κ1) is 20.3. The van der Waals surface area contributed by atoms with Gasteiger partial charge >= 0.3 is 5.97 Å². The normalized spacial score (nSPS) is 32.4. The van der Waals surface area contributed by atoms with Gasteiger partial charge in [-0.25, -0.2) is 4.79 Å². The van der Waals surface area contributed by atoms with Gasteiger partial charge in [0, 0.05) is 12.5 Å². The summed E-state index contributed by atoms with van der Waals surface area (Å²) < 4.78 is 29.5. The lowest BCUT2D eigenvalue weighted by atomic mass is 10.00. The Morgan fingerprint density at radius 3 is 2.63 bits per heavy atom. The Labute approximate surface area is 161 Å². The Hall–Kier alpha value is -1.47. The predicted molar refractivity (Wildman–Crippen MR) is 99.3 cm³/mol. The lowest BCUT2D eigenvalue weighted by Crippen LogP contribution is -2.36. The Bertz CT molecular complexity index is 606. The topological polar surface area (TPSA) is 63.2 Å². The van der Waals surface area contributed by atoms with Crippen molar-refractivity contribution in [2.24, 2.45) is 5.92 Å². The van der Waals surface area contributed by atoms with Gasteiger partial charge in [-0.15, -0.1) is 0 Å². The third-order valence-corrected chi connectivity index (χ3v) is 5.21. The molecule has 0 aliphatic carbocycles. The summed E-state index contributed by atoms with van der Waals surface area (Å²) in [7, 11) is 0. The van der Waals surface area contributed by atoms with E-state index < -0.39 is 12.1 Å². The van der Waals surface area contributed by atoms with Crippen LogP contribution < -0.4 is 0 Å². The van der Waals surface area contributed by atoms with Crippen molar-refractivity contribution in [3.8, 4) is 0 Å². The Morgan fingerprint density at radius 2 is 1.93 bits per heavy atom. The summed E-state index contributed by atoms with van der Waals surface area (Å²) in [5.74, 6) is -1.03. The molecule has 6 nitrogen and oxygen atoms in total. The second kappa shape index (κ2) is 9.15. The van der Waals surface area contributed by atoms with Gasteiger partial charge in [-0.2, -0.15) is 0 Å². The third-order valence-electron chi connectivity index (χ3n) is 5.21. The number of carbonyl (C=O) groups excluding carboxylic acids is 1. The molecule has 27 heavy (non-hydrogen) atoms. The molecule has 150 valence electrons. The Morgan fingerprint density at radius 1 is 1.15 bits per heavy atom. The summed E-state index contributed by atoms with van der Waals surface area (Å²) in [5, 5.41) is 0. The highest BCUT2D eigenvalue weighted by Crippen LogP contribution is 2.42. The summed E-state index contributed by atoms with van der Waals surface area (Å²) in [6.07, 6.45) is 1.86. The van der Waals surface area contributed by atoms with Crippen LogP contribution in [0.25, 0.3) is 0 Å². The molecule has 0 spiro atoms. The zero-order valence-electron chi connectivity index (χ0n) is 16.4. The first-order chi connectivity index (χ1) is 13.1. The van der Waals surface area contributed by atoms with E-state index in [0.717, 1.165) is 19.3 Å². The van der Waals surface area contributed by atoms with E-state index in [4.69, 9.17) is 23.7 Å². The largest absolute Gasteiger partial charge is 0.459 e.